The molecule has 0 rings (SSSR count). The molecule has 35 heavy (non-hydrogen) atoms. The third-order valence-corrected chi connectivity index (χ3v) is 4.91. The molecule has 0 fully saturated rings. The van der Waals surface area contributed by atoms with Gasteiger partial charge in [-0.3, -0.25) is 24.0 Å². The molecule has 10 N–H and O–H groups in total. The fourth-order valence-corrected chi connectivity index (χ4v) is 3.10. The first kappa shape index (κ1) is 31.7. The van der Waals surface area contributed by atoms with Gasteiger partial charge in [-0.1, -0.05) is 13.8 Å². The second-order valence-electron chi connectivity index (χ2n) is 8.57. The van der Waals surface area contributed by atoms with E-state index in [1.54, 1.807) is 13.8 Å². The minimum atomic E-state index is -1.48. The highest BCUT2D eigenvalue weighted by atomic mass is 16.4. The van der Waals surface area contributed by atoms with Crippen LogP contribution in [0.15, 0.2) is 0 Å². The van der Waals surface area contributed by atoms with Crippen LogP contribution in [0.2, 0.25) is 0 Å². The molecule has 0 aromatic rings. The summed E-state index contributed by atoms with van der Waals surface area (Å²) in [5.74, 6) is -6.50. The molecule has 0 radical (unpaired) electrons. The van der Waals surface area contributed by atoms with Crippen LogP contribution in [0.1, 0.15) is 58.8 Å². The van der Waals surface area contributed by atoms with Crippen molar-refractivity contribution in [1.82, 2.24) is 16.0 Å². The highest BCUT2D eigenvalue weighted by molar-refractivity contribution is 5.94. The Kier molecular flexibility index (Phi) is 14.9. The van der Waals surface area contributed by atoms with Gasteiger partial charge in [0.1, 0.15) is 18.1 Å². The average Bonchev–Trinajstić information content (AvgIpc) is 2.74. The van der Waals surface area contributed by atoms with Crippen molar-refractivity contribution >= 4 is 35.6 Å². The molecule has 0 saturated heterocycles. The van der Waals surface area contributed by atoms with E-state index in [4.69, 9.17) is 21.7 Å². The van der Waals surface area contributed by atoms with Crippen molar-refractivity contribution in [3.05, 3.63) is 0 Å². The van der Waals surface area contributed by atoms with Gasteiger partial charge in [0.2, 0.25) is 17.7 Å². The van der Waals surface area contributed by atoms with Gasteiger partial charge < -0.3 is 42.7 Å². The minimum Gasteiger partial charge on any atom is -0.481 e. The Labute approximate surface area is 203 Å². The highest BCUT2D eigenvalue weighted by Gasteiger charge is 2.31. The Balaban J connectivity index is 5.59. The number of carboxylic acids is 3. The Morgan fingerprint density at radius 2 is 1.26 bits per heavy atom. The lowest BCUT2D eigenvalue weighted by Gasteiger charge is -2.25. The molecule has 14 nitrogen and oxygen atoms in total. The van der Waals surface area contributed by atoms with Crippen molar-refractivity contribution in [3.63, 3.8) is 0 Å². The summed E-state index contributed by atoms with van der Waals surface area (Å²) in [7, 11) is 0. The smallest absolute Gasteiger partial charge is 0.326 e. The van der Waals surface area contributed by atoms with E-state index >= 15 is 0 Å². The largest absolute Gasteiger partial charge is 0.481 e. The van der Waals surface area contributed by atoms with Crippen molar-refractivity contribution in [2.75, 3.05) is 6.54 Å². The van der Waals surface area contributed by atoms with Gasteiger partial charge >= 0.3 is 17.9 Å². The number of aliphatic carboxylic acids is 3. The average molecular weight is 504 g/mol. The molecule has 0 aliphatic carbocycles. The fraction of sp³-hybridized carbons (Fsp3) is 0.714. The van der Waals surface area contributed by atoms with Gasteiger partial charge in [0.15, 0.2) is 0 Å². The van der Waals surface area contributed by atoms with Crippen LogP contribution in [0.5, 0.6) is 0 Å². The summed E-state index contributed by atoms with van der Waals surface area (Å²) in [4.78, 5) is 71.2. The van der Waals surface area contributed by atoms with Crippen LogP contribution in [0.25, 0.3) is 0 Å². The summed E-state index contributed by atoms with van der Waals surface area (Å²) in [6.07, 6.45) is -0.357. The van der Waals surface area contributed by atoms with Crippen LogP contribution >= 0.6 is 0 Å². The molecular weight excluding hydrogens is 466 g/mol. The van der Waals surface area contributed by atoms with E-state index in [0.717, 1.165) is 0 Å². The van der Waals surface area contributed by atoms with Crippen LogP contribution in [0.4, 0.5) is 0 Å². The van der Waals surface area contributed by atoms with Gasteiger partial charge in [-0.05, 0) is 44.6 Å². The second kappa shape index (κ2) is 16.4. The van der Waals surface area contributed by atoms with Crippen LogP contribution in [-0.4, -0.2) is 81.7 Å². The molecule has 0 bridgehead atoms. The maximum atomic E-state index is 12.9. The van der Waals surface area contributed by atoms with Crippen molar-refractivity contribution in [3.8, 4) is 0 Å². The number of nitrogens with two attached hydrogens (primary N) is 2. The van der Waals surface area contributed by atoms with E-state index < -0.39 is 72.6 Å². The molecule has 0 aliphatic heterocycles. The van der Waals surface area contributed by atoms with E-state index in [2.05, 4.69) is 16.0 Å². The van der Waals surface area contributed by atoms with Crippen LogP contribution in [0, 0.1) is 5.92 Å². The van der Waals surface area contributed by atoms with E-state index in [9.17, 15) is 33.9 Å². The summed E-state index contributed by atoms with van der Waals surface area (Å²) in [6.45, 7) is 3.90. The van der Waals surface area contributed by atoms with Crippen molar-refractivity contribution < 1.29 is 44.1 Å². The second-order valence-corrected chi connectivity index (χ2v) is 8.57. The summed E-state index contributed by atoms with van der Waals surface area (Å²) in [5, 5.41) is 34.2. The predicted octanol–water partition coefficient (Wildman–Crippen LogP) is -1.63. The lowest BCUT2D eigenvalue weighted by Crippen LogP contribution is -2.57. The van der Waals surface area contributed by atoms with Crippen LogP contribution < -0.4 is 27.4 Å². The Hall–Kier alpha value is -3.26. The maximum absolute atomic E-state index is 12.9. The number of hydrogen-bond acceptors (Lipinski definition) is 8. The topological polar surface area (TPSA) is 251 Å². The molecule has 14 heteroatoms. The molecule has 0 aliphatic rings. The Morgan fingerprint density at radius 1 is 0.743 bits per heavy atom. The van der Waals surface area contributed by atoms with Crippen LogP contribution in [0.3, 0.4) is 0 Å². The number of rotatable bonds is 18. The first-order valence-electron chi connectivity index (χ1n) is 11.3. The fourth-order valence-electron chi connectivity index (χ4n) is 3.10. The molecule has 4 unspecified atom stereocenters. The molecular formula is C21H37N5O9. The van der Waals surface area contributed by atoms with E-state index in [1.807, 2.05) is 0 Å². The number of carboxylic acid groups (broad SMARTS) is 3. The number of unbranched alkanes of at least 4 members (excludes halogenated alkanes) is 1. The van der Waals surface area contributed by atoms with E-state index in [-0.39, 0.29) is 25.2 Å². The van der Waals surface area contributed by atoms with Crippen molar-refractivity contribution in [2.45, 2.75) is 83.0 Å². The van der Waals surface area contributed by atoms with Crippen LogP contribution in [-0.2, 0) is 28.8 Å². The summed E-state index contributed by atoms with van der Waals surface area (Å²) < 4.78 is 0. The SMILES string of the molecule is CC(C)CC(NC(=O)C(CCCCN)NC(=O)C(CCC(=O)O)NC(=O)C(N)CC(=O)O)C(=O)O. The molecule has 0 saturated carbocycles. The van der Waals surface area contributed by atoms with Gasteiger partial charge in [-0.15, -0.1) is 0 Å². The summed E-state index contributed by atoms with van der Waals surface area (Å²) >= 11 is 0. The quantitative estimate of drug-likeness (QED) is 0.0985. The lowest BCUT2D eigenvalue weighted by molar-refractivity contribution is -0.142. The number of hydrogen-bond donors (Lipinski definition) is 8. The predicted molar refractivity (Wildman–Crippen MR) is 123 cm³/mol. The monoisotopic (exact) mass is 503 g/mol. The number of carbonyl (C=O) groups is 6. The zero-order chi connectivity index (χ0) is 27.1. The maximum Gasteiger partial charge on any atom is 0.326 e. The Morgan fingerprint density at radius 3 is 1.71 bits per heavy atom. The summed E-state index contributed by atoms with van der Waals surface area (Å²) in [6, 6.07) is -5.27. The number of carbonyl (C=O) groups excluding carboxylic acids is 3. The van der Waals surface area contributed by atoms with E-state index in [1.165, 1.54) is 0 Å². The minimum absolute atomic E-state index is 0.0349. The first-order valence-corrected chi connectivity index (χ1v) is 11.3. The normalized spacial score (nSPS) is 14.3. The van der Waals surface area contributed by atoms with Gasteiger partial charge in [0.25, 0.3) is 0 Å². The highest BCUT2D eigenvalue weighted by Crippen LogP contribution is 2.08. The molecule has 0 spiro atoms. The molecule has 3 amide bonds. The molecule has 200 valence electrons. The zero-order valence-electron chi connectivity index (χ0n) is 20.0. The van der Waals surface area contributed by atoms with E-state index in [0.29, 0.717) is 19.4 Å². The molecule has 4 atom stereocenters. The van der Waals surface area contributed by atoms with Crippen molar-refractivity contribution in [2.24, 2.45) is 17.4 Å². The number of nitrogens with one attached hydrogen (secondary N) is 3. The van der Waals surface area contributed by atoms with Gasteiger partial charge in [0, 0.05) is 6.42 Å². The number of amides is 3. The standard InChI is InChI=1S/C21H37N5O9/c1-11(2)9-15(21(34)35)26-19(32)13(5-3-4-8-22)25-20(33)14(6-7-16(27)28)24-18(31)12(23)10-17(29)30/h11-15H,3-10,22-23H2,1-2H3,(H,24,31)(H,25,33)(H,26,32)(H,27,28)(H,29,30)(H,34,35). The zero-order valence-corrected chi connectivity index (χ0v) is 20.0. The van der Waals surface area contributed by atoms with Gasteiger partial charge in [-0.2, -0.15) is 0 Å². The van der Waals surface area contributed by atoms with Crippen molar-refractivity contribution in [1.29, 1.82) is 0 Å². The Bertz CT molecular complexity index is 759. The van der Waals surface area contributed by atoms with Gasteiger partial charge in [-0.25, -0.2) is 4.79 Å². The molecule has 0 heterocycles. The lowest BCUT2D eigenvalue weighted by atomic mass is 10.0. The molecule has 0 aromatic heterocycles. The third kappa shape index (κ3) is 13.9. The summed E-state index contributed by atoms with van der Waals surface area (Å²) in [5.41, 5.74) is 11.0. The first-order chi connectivity index (χ1) is 16.3. The third-order valence-electron chi connectivity index (χ3n) is 4.91. The molecule has 0 aromatic carbocycles. The van der Waals surface area contributed by atoms with Gasteiger partial charge in [0.05, 0.1) is 12.5 Å².